The van der Waals surface area contributed by atoms with Gasteiger partial charge in [0.2, 0.25) is 0 Å². The zero-order valence-electron chi connectivity index (χ0n) is 11.3. The molecular formula is C15H22N2O. The summed E-state index contributed by atoms with van der Waals surface area (Å²) in [7, 11) is 0. The van der Waals surface area contributed by atoms with E-state index in [1.165, 1.54) is 0 Å². The van der Waals surface area contributed by atoms with Crippen LogP contribution in [0.15, 0.2) is 18.2 Å². The lowest BCUT2D eigenvalue weighted by Gasteiger charge is -2.29. The maximum Gasteiger partial charge on any atom is 0.252 e. The summed E-state index contributed by atoms with van der Waals surface area (Å²) in [5, 5.41) is 3.18. The lowest BCUT2D eigenvalue weighted by Crippen LogP contribution is -2.51. The Balaban J connectivity index is 2.22. The van der Waals surface area contributed by atoms with E-state index in [-0.39, 0.29) is 11.4 Å². The van der Waals surface area contributed by atoms with Gasteiger partial charge in [0, 0.05) is 12.1 Å². The van der Waals surface area contributed by atoms with Gasteiger partial charge in [-0.3, -0.25) is 4.79 Å². The number of nitrogens with one attached hydrogen (secondary N) is 1. The van der Waals surface area contributed by atoms with Crippen LogP contribution in [0.3, 0.4) is 0 Å². The summed E-state index contributed by atoms with van der Waals surface area (Å²) in [6, 6.07) is 5.94. The van der Waals surface area contributed by atoms with E-state index in [4.69, 9.17) is 5.73 Å². The monoisotopic (exact) mass is 246 g/mol. The van der Waals surface area contributed by atoms with Crippen molar-refractivity contribution in [3.8, 4) is 0 Å². The molecule has 0 spiro atoms. The minimum atomic E-state index is -0.175. The van der Waals surface area contributed by atoms with Crippen molar-refractivity contribution in [2.75, 3.05) is 6.54 Å². The van der Waals surface area contributed by atoms with E-state index in [0.29, 0.717) is 6.54 Å². The van der Waals surface area contributed by atoms with Crippen LogP contribution in [0, 0.1) is 13.8 Å². The smallest absolute Gasteiger partial charge is 0.252 e. The molecule has 0 saturated heterocycles. The lowest BCUT2D eigenvalue weighted by atomic mass is 9.95. The molecule has 98 valence electrons. The molecule has 0 heterocycles. The normalized spacial score (nSPS) is 17.7. The second-order valence-electron chi connectivity index (χ2n) is 5.41. The largest absolute Gasteiger partial charge is 0.345 e. The molecule has 1 aromatic rings. The second-order valence-corrected chi connectivity index (χ2v) is 5.41. The topological polar surface area (TPSA) is 55.1 Å². The van der Waals surface area contributed by atoms with Crippen LogP contribution < -0.4 is 11.1 Å². The number of nitrogens with two attached hydrogens (primary N) is 1. The molecule has 1 aliphatic rings. The van der Waals surface area contributed by atoms with Gasteiger partial charge in [0.05, 0.1) is 5.54 Å². The fourth-order valence-electron chi connectivity index (χ4n) is 2.91. The number of carbonyl (C=O) groups excluding carboxylic acids is 1. The SMILES string of the molecule is Cc1cccc(C)c1C(=O)NC1(CN)CCCC1. The van der Waals surface area contributed by atoms with Crippen molar-refractivity contribution >= 4 is 5.91 Å². The van der Waals surface area contributed by atoms with Gasteiger partial charge < -0.3 is 11.1 Å². The van der Waals surface area contributed by atoms with E-state index < -0.39 is 0 Å². The van der Waals surface area contributed by atoms with E-state index in [9.17, 15) is 4.79 Å². The summed E-state index contributed by atoms with van der Waals surface area (Å²) >= 11 is 0. The van der Waals surface area contributed by atoms with Gasteiger partial charge >= 0.3 is 0 Å². The highest BCUT2D eigenvalue weighted by Crippen LogP contribution is 2.29. The van der Waals surface area contributed by atoms with Gasteiger partial charge in [-0.1, -0.05) is 31.0 Å². The van der Waals surface area contributed by atoms with Crippen molar-refractivity contribution in [3.05, 3.63) is 34.9 Å². The summed E-state index contributed by atoms with van der Waals surface area (Å²) in [6.07, 6.45) is 4.31. The zero-order valence-corrected chi connectivity index (χ0v) is 11.3. The molecule has 0 radical (unpaired) electrons. The summed E-state index contributed by atoms with van der Waals surface area (Å²) in [5.74, 6) is 0.0259. The molecule has 3 N–H and O–H groups in total. The Bertz CT molecular complexity index is 428. The van der Waals surface area contributed by atoms with E-state index in [1.54, 1.807) is 0 Å². The van der Waals surface area contributed by atoms with Gasteiger partial charge in [0.25, 0.3) is 5.91 Å². The molecule has 0 aliphatic heterocycles. The van der Waals surface area contributed by atoms with Crippen LogP contribution in [-0.2, 0) is 0 Å². The molecule has 1 aromatic carbocycles. The number of benzene rings is 1. The number of aryl methyl sites for hydroxylation is 2. The van der Waals surface area contributed by atoms with E-state index >= 15 is 0 Å². The molecule has 0 unspecified atom stereocenters. The summed E-state index contributed by atoms with van der Waals surface area (Å²) in [6.45, 7) is 4.49. The van der Waals surface area contributed by atoms with Crippen molar-refractivity contribution in [3.63, 3.8) is 0 Å². The standard InChI is InChI=1S/C15H22N2O/c1-11-6-5-7-12(2)13(11)14(18)17-15(10-16)8-3-4-9-15/h5-7H,3-4,8-10,16H2,1-2H3,(H,17,18). The third-order valence-electron chi connectivity index (χ3n) is 4.04. The van der Waals surface area contributed by atoms with Crippen LogP contribution in [0.25, 0.3) is 0 Å². The lowest BCUT2D eigenvalue weighted by molar-refractivity contribution is 0.0902. The summed E-state index contributed by atoms with van der Waals surface area (Å²) in [5.41, 5.74) is 8.54. The van der Waals surface area contributed by atoms with E-state index in [0.717, 1.165) is 42.4 Å². The molecular weight excluding hydrogens is 224 g/mol. The van der Waals surface area contributed by atoms with Crippen LogP contribution in [0.1, 0.15) is 47.2 Å². The second kappa shape index (κ2) is 5.11. The molecule has 18 heavy (non-hydrogen) atoms. The van der Waals surface area contributed by atoms with Crippen LogP contribution in [0.2, 0.25) is 0 Å². The van der Waals surface area contributed by atoms with Crippen LogP contribution in [-0.4, -0.2) is 18.0 Å². The fraction of sp³-hybridized carbons (Fsp3) is 0.533. The number of rotatable bonds is 3. The average Bonchev–Trinajstić information content (AvgIpc) is 2.78. The highest BCUT2D eigenvalue weighted by atomic mass is 16.1. The van der Waals surface area contributed by atoms with Crippen LogP contribution in [0.5, 0.6) is 0 Å². The maximum atomic E-state index is 12.4. The van der Waals surface area contributed by atoms with Crippen molar-refractivity contribution < 1.29 is 4.79 Å². The molecule has 0 atom stereocenters. The van der Waals surface area contributed by atoms with Crippen molar-refractivity contribution in [2.45, 2.75) is 45.1 Å². The number of carbonyl (C=O) groups is 1. The van der Waals surface area contributed by atoms with Crippen molar-refractivity contribution in [2.24, 2.45) is 5.73 Å². The molecule has 3 nitrogen and oxygen atoms in total. The molecule has 0 bridgehead atoms. The first-order valence-corrected chi connectivity index (χ1v) is 6.67. The molecule has 1 amide bonds. The first-order valence-electron chi connectivity index (χ1n) is 6.67. The van der Waals surface area contributed by atoms with Crippen LogP contribution >= 0.6 is 0 Å². The Morgan fingerprint density at radius 3 is 2.33 bits per heavy atom. The van der Waals surface area contributed by atoms with Gasteiger partial charge in [-0.15, -0.1) is 0 Å². The highest BCUT2D eigenvalue weighted by molar-refractivity contribution is 5.97. The van der Waals surface area contributed by atoms with Crippen LogP contribution in [0.4, 0.5) is 0 Å². The molecule has 3 heteroatoms. The Hall–Kier alpha value is -1.35. The molecule has 1 saturated carbocycles. The summed E-state index contributed by atoms with van der Waals surface area (Å²) < 4.78 is 0. The predicted molar refractivity (Wildman–Crippen MR) is 73.6 cm³/mol. The quantitative estimate of drug-likeness (QED) is 0.860. The maximum absolute atomic E-state index is 12.4. The Morgan fingerprint density at radius 2 is 1.83 bits per heavy atom. The highest BCUT2D eigenvalue weighted by Gasteiger charge is 2.34. The van der Waals surface area contributed by atoms with Gasteiger partial charge in [-0.25, -0.2) is 0 Å². The van der Waals surface area contributed by atoms with Gasteiger partial charge in [-0.05, 0) is 37.8 Å². The minimum Gasteiger partial charge on any atom is -0.345 e. The van der Waals surface area contributed by atoms with Gasteiger partial charge in [0.1, 0.15) is 0 Å². The minimum absolute atomic E-state index is 0.0259. The first kappa shape index (κ1) is 13.1. The third kappa shape index (κ3) is 2.41. The van der Waals surface area contributed by atoms with Crippen molar-refractivity contribution in [1.29, 1.82) is 0 Å². The average molecular weight is 246 g/mol. The Kier molecular flexibility index (Phi) is 3.71. The summed E-state index contributed by atoms with van der Waals surface area (Å²) in [4.78, 5) is 12.4. The predicted octanol–water partition coefficient (Wildman–Crippen LogP) is 2.30. The number of amides is 1. The Labute approximate surface area is 109 Å². The third-order valence-corrected chi connectivity index (χ3v) is 4.04. The molecule has 1 aliphatic carbocycles. The Morgan fingerprint density at radius 1 is 1.28 bits per heavy atom. The van der Waals surface area contributed by atoms with Gasteiger partial charge in [-0.2, -0.15) is 0 Å². The van der Waals surface area contributed by atoms with Gasteiger partial charge in [0.15, 0.2) is 0 Å². The fourth-order valence-corrected chi connectivity index (χ4v) is 2.91. The number of hydrogen-bond donors (Lipinski definition) is 2. The molecule has 2 rings (SSSR count). The first-order chi connectivity index (χ1) is 8.58. The van der Waals surface area contributed by atoms with E-state index in [2.05, 4.69) is 5.32 Å². The molecule has 1 fully saturated rings. The zero-order chi connectivity index (χ0) is 13.2. The van der Waals surface area contributed by atoms with Crippen molar-refractivity contribution in [1.82, 2.24) is 5.32 Å². The van der Waals surface area contributed by atoms with E-state index in [1.807, 2.05) is 32.0 Å². The molecule has 0 aromatic heterocycles. The number of hydrogen-bond acceptors (Lipinski definition) is 2.